The normalized spacial score (nSPS) is 12.6. The maximum Gasteiger partial charge on any atom is 0.0488 e. The number of aromatic nitrogens is 1. The van der Waals surface area contributed by atoms with E-state index < -0.39 is 0 Å². The van der Waals surface area contributed by atoms with Gasteiger partial charge in [0.2, 0.25) is 0 Å². The van der Waals surface area contributed by atoms with Crippen LogP contribution in [0.3, 0.4) is 0 Å². The minimum absolute atomic E-state index is 0.134. The molecule has 0 saturated carbocycles. The molecule has 0 aliphatic heterocycles. The predicted molar refractivity (Wildman–Crippen MR) is 80.7 cm³/mol. The van der Waals surface area contributed by atoms with Crippen molar-refractivity contribution in [2.45, 2.75) is 52.5 Å². The summed E-state index contributed by atoms with van der Waals surface area (Å²) in [6.45, 7) is 11.3. The van der Waals surface area contributed by atoms with Crippen LogP contribution in [0, 0.1) is 0 Å². The van der Waals surface area contributed by atoms with Crippen LogP contribution in [0.1, 0.15) is 52.7 Å². The number of nitrogens with zero attached hydrogens (tertiary/aromatic N) is 1. The summed E-state index contributed by atoms with van der Waals surface area (Å²) in [6, 6.07) is 8.46. The van der Waals surface area contributed by atoms with Gasteiger partial charge in [-0.05, 0) is 50.5 Å². The molecule has 0 N–H and O–H groups in total. The second-order valence-corrected chi connectivity index (χ2v) is 6.36. The molecular weight excluding hydrogens is 242 g/mol. The number of hydrogen-bond donors (Lipinski definition) is 0. The monoisotopic (exact) mass is 263 g/mol. The Balaban J connectivity index is 2.79. The maximum atomic E-state index is 6.10. The lowest BCUT2D eigenvalue weighted by atomic mass is 9.99. The molecule has 1 aromatic carbocycles. The average molecular weight is 264 g/mol. The fourth-order valence-electron chi connectivity index (χ4n) is 2.47. The van der Waals surface area contributed by atoms with Crippen LogP contribution in [0.5, 0.6) is 0 Å². The number of rotatable bonds is 3. The fourth-order valence-corrected chi connectivity index (χ4v) is 2.65. The lowest BCUT2D eigenvalue weighted by Crippen LogP contribution is -2.27. The van der Waals surface area contributed by atoms with Crippen molar-refractivity contribution in [2.24, 2.45) is 0 Å². The summed E-state index contributed by atoms with van der Waals surface area (Å²) in [7, 11) is 0. The predicted octanol–water partition coefficient (Wildman–Crippen LogP) is 5.56. The largest absolute Gasteiger partial charge is 0.339 e. The summed E-state index contributed by atoms with van der Waals surface area (Å²) < 4.78 is 2.48. The molecule has 1 aromatic heterocycles. The zero-order valence-electron chi connectivity index (χ0n) is 11.9. The van der Waals surface area contributed by atoms with Crippen molar-refractivity contribution in [2.75, 3.05) is 0 Å². The van der Waals surface area contributed by atoms with Crippen LogP contribution < -0.4 is 0 Å². The summed E-state index contributed by atoms with van der Waals surface area (Å²) in [6.07, 6.45) is 1.11. The van der Waals surface area contributed by atoms with Gasteiger partial charge in [-0.25, -0.2) is 0 Å². The van der Waals surface area contributed by atoms with E-state index in [-0.39, 0.29) is 5.54 Å². The van der Waals surface area contributed by atoms with Gasteiger partial charge in [-0.3, -0.25) is 0 Å². The van der Waals surface area contributed by atoms with E-state index >= 15 is 0 Å². The van der Waals surface area contributed by atoms with Crippen molar-refractivity contribution >= 4 is 22.5 Å². The van der Waals surface area contributed by atoms with Gasteiger partial charge < -0.3 is 4.57 Å². The summed E-state index contributed by atoms with van der Waals surface area (Å²) in [5.74, 6) is 0.516. The molecule has 0 fully saturated rings. The Hall–Kier alpha value is -0.950. The Kier molecular flexibility index (Phi) is 3.46. The van der Waals surface area contributed by atoms with E-state index in [2.05, 4.69) is 57.4 Å². The first-order valence-electron chi connectivity index (χ1n) is 6.68. The Morgan fingerprint density at radius 3 is 2.44 bits per heavy atom. The molecule has 2 aromatic rings. The van der Waals surface area contributed by atoms with Gasteiger partial charge in [0.1, 0.15) is 0 Å². The molecule has 0 amide bonds. The topological polar surface area (TPSA) is 4.93 Å². The summed E-state index contributed by atoms with van der Waals surface area (Å²) >= 11 is 6.10. The highest BCUT2D eigenvalue weighted by Gasteiger charge is 2.24. The van der Waals surface area contributed by atoms with Crippen molar-refractivity contribution in [3.05, 3.63) is 35.0 Å². The molecule has 1 nitrogen and oxygen atoms in total. The molecule has 0 unspecified atom stereocenters. The molecule has 98 valence electrons. The number of benzene rings is 1. The molecule has 0 bridgehead atoms. The average Bonchev–Trinajstić information content (AvgIpc) is 2.68. The Morgan fingerprint density at radius 2 is 1.89 bits per heavy atom. The molecule has 1 heterocycles. The molecule has 0 radical (unpaired) electrons. The van der Waals surface area contributed by atoms with Crippen LogP contribution in [-0.2, 0) is 5.54 Å². The summed E-state index contributed by atoms with van der Waals surface area (Å²) in [5.41, 5.74) is 2.81. The van der Waals surface area contributed by atoms with Crippen molar-refractivity contribution in [3.63, 3.8) is 0 Å². The van der Waals surface area contributed by atoms with Gasteiger partial charge in [0.25, 0.3) is 0 Å². The van der Waals surface area contributed by atoms with Gasteiger partial charge in [-0.1, -0.05) is 32.4 Å². The third-order valence-corrected chi connectivity index (χ3v) is 4.09. The van der Waals surface area contributed by atoms with E-state index in [0.29, 0.717) is 5.92 Å². The quantitative estimate of drug-likeness (QED) is 0.683. The molecule has 0 atom stereocenters. The molecular formula is C16H22ClN. The first kappa shape index (κ1) is 13.5. The van der Waals surface area contributed by atoms with Gasteiger partial charge in [0.15, 0.2) is 0 Å². The molecule has 0 saturated heterocycles. The van der Waals surface area contributed by atoms with Gasteiger partial charge in [-0.15, -0.1) is 0 Å². The summed E-state index contributed by atoms with van der Waals surface area (Å²) in [4.78, 5) is 0. The molecule has 18 heavy (non-hydrogen) atoms. The van der Waals surface area contributed by atoms with E-state index in [1.165, 1.54) is 16.6 Å². The second kappa shape index (κ2) is 4.62. The zero-order chi connectivity index (χ0) is 13.5. The van der Waals surface area contributed by atoms with Crippen molar-refractivity contribution in [1.29, 1.82) is 0 Å². The van der Waals surface area contributed by atoms with Gasteiger partial charge >= 0.3 is 0 Å². The number of hydrogen-bond acceptors (Lipinski definition) is 0. The maximum absolute atomic E-state index is 6.10. The molecule has 0 aliphatic carbocycles. The Morgan fingerprint density at radius 1 is 1.22 bits per heavy atom. The van der Waals surface area contributed by atoms with Crippen LogP contribution in [0.2, 0.25) is 5.02 Å². The van der Waals surface area contributed by atoms with Gasteiger partial charge in [-0.2, -0.15) is 0 Å². The lowest BCUT2D eigenvalue weighted by molar-refractivity contribution is 0.340. The van der Waals surface area contributed by atoms with E-state index in [4.69, 9.17) is 11.6 Å². The minimum Gasteiger partial charge on any atom is -0.339 e. The Labute approximate surface area is 115 Å². The minimum atomic E-state index is 0.134. The van der Waals surface area contributed by atoms with E-state index in [9.17, 15) is 0 Å². The van der Waals surface area contributed by atoms with E-state index in [0.717, 1.165) is 11.4 Å². The number of halogens is 1. The van der Waals surface area contributed by atoms with Crippen LogP contribution in [0.4, 0.5) is 0 Å². The van der Waals surface area contributed by atoms with Crippen LogP contribution in [-0.4, -0.2) is 4.57 Å². The smallest absolute Gasteiger partial charge is 0.0488 e. The molecule has 0 aliphatic rings. The van der Waals surface area contributed by atoms with Gasteiger partial charge in [0.05, 0.1) is 0 Å². The highest BCUT2D eigenvalue weighted by atomic mass is 35.5. The van der Waals surface area contributed by atoms with E-state index in [1.54, 1.807) is 0 Å². The third kappa shape index (κ3) is 2.16. The highest BCUT2D eigenvalue weighted by molar-refractivity contribution is 6.31. The van der Waals surface area contributed by atoms with Crippen molar-refractivity contribution in [1.82, 2.24) is 4.57 Å². The Bertz CT molecular complexity index is 564. The van der Waals surface area contributed by atoms with Gasteiger partial charge in [0, 0.05) is 27.2 Å². The standard InChI is InChI=1S/C16H22ClN/c1-6-16(4,5)18-14-8-7-13(17)9-12(14)10-15(18)11(2)3/h7-11H,6H2,1-5H3. The highest BCUT2D eigenvalue weighted by Crippen LogP contribution is 2.34. The van der Waals surface area contributed by atoms with Crippen molar-refractivity contribution < 1.29 is 0 Å². The third-order valence-electron chi connectivity index (χ3n) is 3.85. The van der Waals surface area contributed by atoms with Crippen molar-refractivity contribution in [3.8, 4) is 0 Å². The fraction of sp³-hybridized carbons (Fsp3) is 0.500. The molecule has 2 heteroatoms. The van der Waals surface area contributed by atoms with Crippen LogP contribution >= 0.6 is 11.6 Å². The lowest BCUT2D eigenvalue weighted by Gasteiger charge is -2.30. The summed E-state index contributed by atoms with van der Waals surface area (Å²) in [5, 5.41) is 2.05. The van der Waals surface area contributed by atoms with E-state index in [1.807, 2.05) is 6.07 Å². The SMILES string of the molecule is CCC(C)(C)n1c(C(C)C)cc2cc(Cl)ccc21. The first-order chi connectivity index (χ1) is 8.36. The van der Waals surface area contributed by atoms with Crippen LogP contribution in [0.25, 0.3) is 10.9 Å². The second-order valence-electron chi connectivity index (χ2n) is 5.93. The van der Waals surface area contributed by atoms with Crippen LogP contribution in [0.15, 0.2) is 24.3 Å². The molecule has 0 spiro atoms. The number of fused-ring (bicyclic) bond motifs is 1. The molecule has 2 rings (SSSR count). The first-order valence-corrected chi connectivity index (χ1v) is 7.06. The zero-order valence-corrected chi connectivity index (χ0v) is 12.7.